The Morgan fingerprint density at radius 3 is 2.79 bits per heavy atom. The fourth-order valence-corrected chi connectivity index (χ4v) is 2.42. The molecule has 1 heterocycles. The lowest BCUT2D eigenvalue weighted by molar-refractivity contribution is -0.139. The van der Waals surface area contributed by atoms with Gasteiger partial charge in [0.25, 0.3) is 5.91 Å². The normalized spacial score (nSPS) is 21.0. The van der Waals surface area contributed by atoms with Crippen LogP contribution in [0.25, 0.3) is 0 Å². The van der Waals surface area contributed by atoms with Gasteiger partial charge < -0.3 is 15.0 Å². The number of piperazine rings is 1. The van der Waals surface area contributed by atoms with Gasteiger partial charge in [-0.3, -0.25) is 4.79 Å². The Hall–Kier alpha value is -1.07. The largest absolute Gasteiger partial charge is 0.481 e. The summed E-state index contributed by atoms with van der Waals surface area (Å²) in [5.41, 5.74) is 0. The van der Waals surface area contributed by atoms with Crippen molar-refractivity contribution in [1.82, 2.24) is 10.2 Å². The van der Waals surface area contributed by atoms with E-state index in [0.29, 0.717) is 11.8 Å². The second-order valence-electron chi connectivity index (χ2n) is 4.85. The van der Waals surface area contributed by atoms with Gasteiger partial charge in [0, 0.05) is 30.1 Å². The summed E-state index contributed by atoms with van der Waals surface area (Å²) in [5, 5.41) is 3.32. The minimum Gasteiger partial charge on any atom is -0.481 e. The lowest BCUT2D eigenvalue weighted by Crippen LogP contribution is -2.54. The summed E-state index contributed by atoms with van der Waals surface area (Å²) in [6, 6.07) is 7.86. The van der Waals surface area contributed by atoms with Crippen molar-refractivity contribution in [2.24, 2.45) is 0 Å². The molecule has 1 aliphatic rings. The first-order valence-electron chi connectivity index (χ1n) is 6.50. The highest BCUT2D eigenvalue weighted by Gasteiger charge is 2.25. The van der Waals surface area contributed by atoms with Crippen LogP contribution in [0.2, 0.25) is 0 Å². The van der Waals surface area contributed by atoms with E-state index in [4.69, 9.17) is 4.74 Å². The standard InChI is InChI=1S/C14H19BrN2O2/c1-10-9-17(8-7-16-10)14(18)11(2)19-13-5-3-12(15)4-6-13/h3-6,10-11,16H,7-9H2,1-2H3. The average Bonchev–Trinajstić information content (AvgIpc) is 2.40. The molecule has 4 nitrogen and oxygen atoms in total. The fourth-order valence-electron chi connectivity index (χ4n) is 2.16. The Morgan fingerprint density at radius 1 is 1.47 bits per heavy atom. The maximum Gasteiger partial charge on any atom is 0.263 e. The van der Waals surface area contributed by atoms with Gasteiger partial charge in [-0.1, -0.05) is 15.9 Å². The first-order chi connectivity index (χ1) is 9.06. The molecule has 0 aromatic heterocycles. The van der Waals surface area contributed by atoms with Crippen LogP contribution in [-0.4, -0.2) is 42.6 Å². The monoisotopic (exact) mass is 326 g/mol. The number of nitrogens with one attached hydrogen (secondary N) is 1. The molecule has 2 atom stereocenters. The lowest BCUT2D eigenvalue weighted by Gasteiger charge is -2.33. The molecule has 0 aliphatic carbocycles. The highest BCUT2D eigenvalue weighted by Crippen LogP contribution is 2.18. The molecule has 1 amide bonds. The fraction of sp³-hybridized carbons (Fsp3) is 0.500. The first kappa shape index (κ1) is 14.3. The van der Waals surface area contributed by atoms with Gasteiger partial charge in [-0.2, -0.15) is 0 Å². The minimum atomic E-state index is -0.452. The van der Waals surface area contributed by atoms with E-state index in [1.54, 1.807) is 6.92 Å². The van der Waals surface area contributed by atoms with Gasteiger partial charge in [0.15, 0.2) is 6.10 Å². The Morgan fingerprint density at radius 2 is 2.16 bits per heavy atom. The van der Waals surface area contributed by atoms with Crippen LogP contribution in [0.3, 0.4) is 0 Å². The molecule has 0 saturated carbocycles. The third kappa shape index (κ3) is 3.94. The molecule has 1 fully saturated rings. The number of benzene rings is 1. The van der Waals surface area contributed by atoms with Crippen molar-refractivity contribution in [2.45, 2.75) is 26.0 Å². The molecule has 0 spiro atoms. The van der Waals surface area contributed by atoms with Gasteiger partial charge in [-0.25, -0.2) is 0 Å². The van der Waals surface area contributed by atoms with Gasteiger partial charge in [-0.05, 0) is 38.1 Å². The molecule has 19 heavy (non-hydrogen) atoms. The van der Waals surface area contributed by atoms with Gasteiger partial charge in [0.1, 0.15) is 5.75 Å². The summed E-state index contributed by atoms with van der Waals surface area (Å²) < 4.78 is 6.68. The Kier molecular flexibility index (Phi) is 4.82. The molecule has 2 rings (SSSR count). The maximum absolute atomic E-state index is 12.3. The van der Waals surface area contributed by atoms with Gasteiger partial charge in [0.2, 0.25) is 0 Å². The summed E-state index contributed by atoms with van der Waals surface area (Å²) in [6.07, 6.45) is -0.452. The molecule has 2 unspecified atom stereocenters. The Balaban J connectivity index is 1.93. The number of hydrogen-bond donors (Lipinski definition) is 1. The predicted octanol–water partition coefficient (Wildman–Crippen LogP) is 2.04. The number of hydrogen-bond acceptors (Lipinski definition) is 3. The predicted molar refractivity (Wildman–Crippen MR) is 78.3 cm³/mol. The van der Waals surface area contributed by atoms with Crippen LogP contribution in [0.1, 0.15) is 13.8 Å². The summed E-state index contributed by atoms with van der Waals surface area (Å²) in [6.45, 7) is 6.22. The third-order valence-corrected chi connectivity index (χ3v) is 3.68. The number of ether oxygens (including phenoxy) is 1. The molecule has 1 aromatic carbocycles. The molecule has 1 N–H and O–H groups in total. The highest BCUT2D eigenvalue weighted by molar-refractivity contribution is 9.10. The molecular formula is C14H19BrN2O2. The first-order valence-corrected chi connectivity index (χ1v) is 7.30. The molecule has 1 saturated heterocycles. The second-order valence-corrected chi connectivity index (χ2v) is 5.77. The second kappa shape index (κ2) is 6.39. The number of rotatable bonds is 3. The minimum absolute atomic E-state index is 0.0521. The van der Waals surface area contributed by atoms with Gasteiger partial charge >= 0.3 is 0 Å². The van der Waals surface area contributed by atoms with Gasteiger partial charge in [0.05, 0.1) is 0 Å². The highest BCUT2D eigenvalue weighted by atomic mass is 79.9. The molecule has 1 aromatic rings. The summed E-state index contributed by atoms with van der Waals surface area (Å²) in [5.74, 6) is 0.767. The van der Waals surface area contributed by atoms with Crippen LogP contribution in [0, 0.1) is 0 Å². The molecule has 5 heteroatoms. The van der Waals surface area contributed by atoms with Crippen LogP contribution in [0.4, 0.5) is 0 Å². The van der Waals surface area contributed by atoms with Crippen LogP contribution < -0.4 is 10.1 Å². The summed E-state index contributed by atoms with van der Waals surface area (Å²) in [7, 11) is 0. The summed E-state index contributed by atoms with van der Waals surface area (Å²) in [4.78, 5) is 14.1. The van der Waals surface area contributed by atoms with Crippen molar-refractivity contribution in [1.29, 1.82) is 0 Å². The van der Waals surface area contributed by atoms with Crippen LogP contribution >= 0.6 is 15.9 Å². The molecular weight excluding hydrogens is 308 g/mol. The molecule has 104 valence electrons. The van der Waals surface area contributed by atoms with Crippen LogP contribution in [-0.2, 0) is 4.79 Å². The number of amides is 1. The van der Waals surface area contributed by atoms with E-state index in [-0.39, 0.29) is 5.91 Å². The number of nitrogens with zero attached hydrogens (tertiary/aromatic N) is 1. The number of halogens is 1. The zero-order valence-corrected chi connectivity index (χ0v) is 12.8. The van der Waals surface area contributed by atoms with Gasteiger partial charge in [-0.15, -0.1) is 0 Å². The van der Waals surface area contributed by atoms with Crippen molar-refractivity contribution >= 4 is 21.8 Å². The van der Waals surface area contributed by atoms with Crippen molar-refractivity contribution in [3.63, 3.8) is 0 Å². The summed E-state index contributed by atoms with van der Waals surface area (Å²) >= 11 is 3.37. The van der Waals surface area contributed by atoms with E-state index in [2.05, 4.69) is 28.2 Å². The Bertz CT molecular complexity index is 436. The van der Waals surface area contributed by atoms with Crippen molar-refractivity contribution < 1.29 is 9.53 Å². The zero-order valence-electron chi connectivity index (χ0n) is 11.2. The van der Waals surface area contributed by atoms with E-state index in [1.165, 1.54) is 0 Å². The molecule has 0 radical (unpaired) electrons. The van der Waals surface area contributed by atoms with Crippen molar-refractivity contribution in [2.75, 3.05) is 19.6 Å². The van der Waals surface area contributed by atoms with Crippen molar-refractivity contribution in [3.8, 4) is 5.75 Å². The number of carbonyl (C=O) groups excluding carboxylic acids is 1. The van der Waals surface area contributed by atoms with Crippen LogP contribution in [0.15, 0.2) is 28.7 Å². The van der Waals surface area contributed by atoms with E-state index in [1.807, 2.05) is 29.2 Å². The van der Waals surface area contributed by atoms with E-state index in [0.717, 1.165) is 24.1 Å². The Labute approximate surface area is 122 Å². The van der Waals surface area contributed by atoms with E-state index >= 15 is 0 Å². The molecule has 1 aliphatic heterocycles. The molecule has 0 bridgehead atoms. The average molecular weight is 327 g/mol. The van der Waals surface area contributed by atoms with Crippen molar-refractivity contribution in [3.05, 3.63) is 28.7 Å². The van der Waals surface area contributed by atoms with E-state index < -0.39 is 6.10 Å². The quantitative estimate of drug-likeness (QED) is 0.924. The number of carbonyl (C=O) groups is 1. The van der Waals surface area contributed by atoms with E-state index in [9.17, 15) is 4.79 Å². The zero-order chi connectivity index (χ0) is 13.8. The lowest BCUT2D eigenvalue weighted by atomic mass is 10.2. The smallest absolute Gasteiger partial charge is 0.263 e. The van der Waals surface area contributed by atoms with Crippen LogP contribution in [0.5, 0.6) is 5.75 Å². The maximum atomic E-state index is 12.3. The third-order valence-electron chi connectivity index (χ3n) is 3.15. The SMILES string of the molecule is CC1CN(C(=O)C(C)Oc2ccc(Br)cc2)CCN1. The topological polar surface area (TPSA) is 41.6 Å².